The van der Waals surface area contributed by atoms with Crippen molar-refractivity contribution in [3.63, 3.8) is 0 Å². The van der Waals surface area contributed by atoms with Crippen LogP contribution in [0.15, 0.2) is 11.1 Å². The highest BCUT2D eigenvalue weighted by atomic mass is 35.5. The van der Waals surface area contributed by atoms with Crippen LogP contribution in [0.5, 0.6) is 0 Å². The van der Waals surface area contributed by atoms with Gasteiger partial charge in [-0.05, 0) is 6.26 Å². The van der Waals surface area contributed by atoms with Crippen molar-refractivity contribution in [1.29, 1.82) is 0 Å². The molecule has 1 rings (SSSR count). The maximum absolute atomic E-state index is 10.4. The predicted octanol–water partition coefficient (Wildman–Crippen LogP) is 1.95. The number of thioether (sulfide) groups is 1. The molecule has 0 unspecified atom stereocenters. The van der Waals surface area contributed by atoms with Crippen molar-refractivity contribution >= 4 is 34.7 Å². The molecule has 0 saturated heterocycles. The molecule has 0 aliphatic carbocycles. The quantitative estimate of drug-likeness (QED) is 0.356. The number of rotatable bonds is 2. The fourth-order valence-electron chi connectivity index (χ4n) is 0.788. The number of hydrogen-bond donors (Lipinski definition) is 1. The van der Waals surface area contributed by atoms with Gasteiger partial charge in [0.25, 0.3) is 0 Å². The highest BCUT2D eigenvalue weighted by Crippen LogP contribution is 2.31. The highest BCUT2D eigenvalue weighted by Gasteiger charge is 2.19. The first-order valence-electron chi connectivity index (χ1n) is 3.20. The van der Waals surface area contributed by atoms with Gasteiger partial charge >= 0.3 is 5.69 Å². The zero-order chi connectivity index (χ0) is 10.0. The van der Waals surface area contributed by atoms with Gasteiger partial charge in [-0.1, -0.05) is 11.6 Å². The topological polar surface area (TPSA) is 82.0 Å². The third kappa shape index (κ3) is 2.02. The van der Waals surface area contributed by atoms with Gasteiger partial charge in [0, 0.05) is 6.07 Å². The summed E-state index contributed by atoms with van der Waals surface area (Å²) in [6, 6.07) is 1.43. The first-order valence-corrected chi connectivity index (χ1v) is 4.81. The standard InChI is InChI=1S/C6H6ClN3O2S/c1-13-4-2-3(8)5(10(11)12)6(7)9-4/h2H,1H3,(H2,8,9). The molecule has 7 heteroatoms. The van der Waals surface area contributed by atoms with Gasteiger partial charge in [0.05, 0.1) is 4.92 Å². The summed E-state index contributed by atoms with van der Waals surface area (Å²) >= 11 is 6.88. The lowest BCUT2D eigenvalue weighted by Crippen LogP contribution is -1.98. The zero-order valence-electron chi connectivity index (χ0n) is 6.65. The maximum atomic E-state index is 10.4. The van der Waals surface area contributed by atoms with Gasteiger partial charge in [0.2, 0.25) is 5.15 Å². The van der Waals surface area contributed by atoms with Gasteiger partial charge in [0.1, 0.15) is 10.7 Å². The number of halogens is 1. The van der Waals surface area contributed by atoms with Gasteiger partial charge in [-0.3, -0.25) is 10.1 Å². The summed E-state index contributed by atoms with van der Waals surface area (Å²) in [7, 11) is 0. The summed E-state index contributed by atoms with van der Waals surface area (Å²) in [6.45, 7) is 0. The molecule has 2 N–H and O–H groups in total. The predicted molar refractivity (Wildman–Crippen MR) is 52.1 cm³/mol. The lowest BCUT2D eigenvalue weighted by Gasteiger charge is -2.00. The van der Waals surface area contributed by atoms with Crippen molar-refractivity contribution in [3.05, 3.63) is 21.3 Å². The summed E-state index contributed by atoms with van der Waals surface area (Å²) in [5.74, 6) is 0. The Morgan fingerprint density at radius 3 is 2.77 bits per heavy atom. The molecular formula is C6H6ClN3O2S. The van der Waals surface area contributed by atoms with Gasteiger partial charge in [-0.2, -0.15) is 0 Å². The Hall–Kier alpha value is -1.01. The number of pyridine rings is 1. The van der Waals surface area contributed by atoms with E-state index in [2.05, 4.69) is 4.98 Å². The van der Waals surface area contributed by atoms with E-state index in [1.165, 1.54) is 17.8 Å². The highest BCUT2D eigenvalue weighted by molar-refractivity contribution is 7.98. The molecule has 13 heavy (non-hydrogen) atoms. The van der Waals surface area contributed by atoms with E-state index >= 15 is 0 Å². The first kappa shape index (κ1) is 10.1. The largest absolute Gasteiger partial charge is 0.393 e. The van der Waals surface area contributed by atoms with E-state index in [1.54, 1.807) is 6.26 Å². The van der Waals surface area contributed by atoms with Crippen LogP contribution in [-0.4, -0.2) is 16.2 Å². The molecule has 0 aliphatic rings. The molecule has 1 aromatic heterocycles. The van der Waals surface area contributed by atoms with Crippen molar-refractivity contribution in [1.82, 2.24) is 4.98 Å². The van der Waals surface area contributed by atoms with Crippen LogP contribution < -0.4 is 5.73 Å². The van der Waals surface area contributed by atoms with E-state index in [9.17, 15) is 10.1 Å². The molecule has 0 radical (unpaired) electrons. The second kappa shape index (κ2) is 3.80. The van der Waals surface area contributed by atoms with Crippen LogP contribution in [-0.2, 0) is 0 Å². The SMILES string of the molecule is CSc1cc(N)c([N+](=O)[O-])c(Cl)n1. The summed E-state index contributed by atoms with van der Waals surface area (Å²) in [5.41, 5.74) is 5.12. The normalized spacial score (nSPS) is 10.0. The number of nitrogen functional groups attached to an aromatic ring is 1. The van der Waals surface area contributed by atoms with E-state index in [0.717, 1.165) is 0 Å². The minimum Gasteiger partial charge on any atom is -0.393 e. The van der Waals surface area contributed by atoms with Crippen LogP contribution in [0.1, 0.15) is 0 Å². The number of hydrogen-bond acceptors (Lipinski definition) is 5. The molecule has 70 valence electrons. The first-order chi connectivity index (χ1) is 6.06. The summed E-state index contributed by atoms with van der Waals surface area (Å²) in [5, 5.41) is 10.8. The van der Waals surface area contributed by atoms with Crippen LogP contribution in [0, 0.1) is 10.1 Å². The van der Waals surface area contributed by atoms with Crippen molar-refractivity contribution in [3.8, 4) is 0 Å². The molecule has 1 aromatic rings. The molecule has 1 heterocycles. The van der Waals surface area contributed by atoms with Gasteiger partial charge in [0.15, 0.2) is 0 Å². The molecule has 0 atom stereocenters. The minimum atomic E-state index is -0.644. The Bertz CT molecular complexity index is 335. The van der Waals surface area contributed by atoms with Crippen molar-refractivity contribution < 1.29 is 4.92 Å². The lowest BCUT2D eigenvalue weighted by atomic mass is 10.4. The third-order valence-corrected chi connectivity index (χ3v) is 2.24. The van der Waals surface area contributed by atoms with Crippen LogP contribution in [0.4, 0.5) is 11.4 Å². The van der Waals surface area contributed by atoms with Crippen LogP contribution in [0.2, 0.25) is 5.15 Å². The second-order valence-corrected chi connectivity index (χ2v) is 3.33. The van der Waals surface area contributed by atoms with Crippen molar-refractivity contribution in [2.45, 2.75) is 5.03 Å². The number of nitrogens with zero attached hydrogens (tertiary/aromatic N) is 2. The van der Waals surface area contributed by atoms with Crippen LogP contribution in [0.25, 0.3) is 0 Å². The molecule has 5 nitrogen and oxygen atoms in total. The Balaban J connectivity index is 3.31. The van der Waals surface area contributed by atoms with E-state index in [4.69, 9.17) is 17.3 Å². The second-order valence-electron chi connectivity index (χ2n) is 2.15. The molecule has 0 saturated carbocycles. The van der Waals surface area contributed by atoms with Gasteiger partial charge in [-0.25, -0.2) is 4.98 Å². The van der Waals surface area contributed by atoms with E-state index in [1.807, 2.05) is 0 Å². The van der Waals surface area contributed by atoms with E-state index < -0.39 is 4.92 Å². The Kier molecular flexibility index (Phi) is 2.94. The Morgan fingerprint density at radius 1 is 1.77 bits per heavy atom. The van der Waals surface area contributed by atoms with Crippen molar-refractivity contribution in [2.75, 3.05) is 12.0 Å². The summed E-state index contributed by atoms with van der Waals surface area (Å²) in [4.78, 5) is 13.6. The van der Waals surface area contributed by atoms with Crippen LogP contribution in [0.3, 0.4) is 0 Å². The molecule has 0 aromatic carbocycles. The van der Waals surface area contributed by atoms with Crippen molar-refractivity contribution in [2.24, 2.45) is 0 Å². The summed E-state index contributed by atoms with van der Waals surface area (Å²) in [6.07, 6.45) is 1.78. The lowest BCUT2D eigenvalue weighted by molar-refractivity contribution is -0.384. The average Bonchev–Trinajstić information content (AvgIpc) is 2.02. The molecule has 0 bridgehead atoms. The fraction of sp³-hybridized carbons (Fsp3) is 0.167. The molecule has 0 amide bonds. The van der Waals surface area contributed by atoms with E-state index in [0.29, 0.717) is 5.03 Å². The number of nitro groups is 1. The minimum absolute atomic E-state index is 0.0364. The molecular weight excluding hydrogens is 214 g/mol. The summed E-state index contributed by atoms with van der Waals surface area (Å²) < 4.78 is 0. The molecule has 0 spiro atoms. The molecule has 0 fully saturated rings. The third-order valence-electron chi connectivity index (χ3n) is 1.35. The number of nitrogens with two attached hydrogens (primary N) is 1. The Labute approximate surface area is 83.4 Å². The monoisotopic (exact) mass is 219 g/mol. The molecule has 0 aliphatic heterocycles. The Morgan fingerprint density at radius 2 is 2.38 bits per heavy atom. The van der Waals surface area contributed by atoms with Gasteiger partial charge in [-0.15, -0.1) is 11.8 Å². The zero-order valence-corrected chi connectivity index (χ0v) is 8.22. The van der Waals surface area contributed by atoms with Crippen LogP contribution >= 0.6 is 23.4 Å². The van der Waals surface area contributed by atoms with Gasteiger partial charge < -0.3 is 5.73 Å². The fourth-order valence-corrected chi connectivity index (χ4v) is 1.53. The maximum Gasteiger partial charge on any atom is 0.329 e. The van der Waals surface area contributed by atoms with E-state index in [-0.39, 0.29) is 16.5 Å². The number of anilines is 1. The average molecular weight is 220 g/mol. The number of aromatic nitrogens is 1. The smallest absolute Gasteiger partial charge is 0.329 e.